The lowest BCUT2D eigenvalue weighted by atomic mass is 10.1. The van der Waals surface area contributed by atoms with Crippen LogP contribution in [0.2, 0.25) is 0 Å². The topological polar surface area (TPSA) is 80.0 Å². The Morgan fingerprint density at radius 1 is 1.38 bits per heavy atom. The van der Waals surface area contributed by atoms with Crippen molar-refractivity contribution < 1.29 is 14.3 Å². The number of rotatable bonds is 4. The normalized spacial score (nSPS) is 12.3. The maximum atomic E-state index is 12.9. The largest absolute Gasteiger partial charge is 0.387 e. The molecule has 1 unspecified atom stereocenters. The number of aryl methyl sites for hydroxylation is 2. The number of carbonyl (C=O) groups is 1. The van der Waals surface area contributed by atoms with E-state index < -0.39 is 6.10 Å². The molecule has 24 heavy (non-hydrogen) atoms. The molecule has 6 nitrogen and oxygen atoms in total. The first kappa shape index (κ1) is 16.1. The Balaban J connectivity index is 1.77. The number of benzene rings is 1. The molecule has 0 radical (unpaired) electrons. The van der Waals surface area contributed by atoms with E-state index in [-0.39, 0.29) is 18.3 Å². The van der Waals surface area contributed by atoms with E-state index in [4.69, 9.17) is 0 Å². The van der Waals surface area contributed by atoms with E-state index >= 15 is 0 Å². The molecular weight excluding hydrogens is 311 g/mol. The summed E-state index contributed by atoms with van der Waals surface area (Å²) in [5.41, 5.74) is 2.32. The van der Waals surface area contributed by atoms with Gasteiger partial charge in [0.1, 0.15) is 5.82 Å². The fourth-order valence-electron chi connectivity index (χ4n) is 2.51. The highest BCUT2D eigenvalue weighted by Gasteiger charge is 2.16. The number of fused-ring (bicyclic) bond motifs is 1. The predicted molar refractivity (Wildman–Crippen MR) is 86.9 cm³/mol. The molecule has 0 aliphatic rings. The third-order valence-electron chi connectivity index (χ3n) is 3.79. The Kier molecular flexibility index (Phi) is 4.26. The minimum Gasteiger partial charge on any atom is -0.387 e. The molecule has 0 aliphatic heterocycles. The lowest BCUT2D eigenvalue weighted by Crippen LogP contribution is -2.28. The molecule has 2 N–H and O–H groups in total. The number of amides is 1. The van der Waals surface area contributed by atoms with Crippen LogP contribution in [0, 0.1) is 12.7 Å². The van der Waals surface area contributed by atoms with Crippen molar-refractivity contribution in [2.75, 3.05) is 6.54 Å². The van der Waals surface area contributed by atoms with Crippen molar-refractivity contribution in [3.63, 3.8) is 0 Å². The first-order chi connectivity index (χ1) is 11.5. The van der Waals surface area contributed by atoms with E-state index in [1.165, 1.54) is 24.3 Å². The van der Waals surface area contributed by atoms with Crippen molar-refractivity contribution in [1.29, 1.82) is 0 Å². The van der Waals surface area contributed by atoms with E-state index in [2.05, 4.69) is 15.4 Å². The van der Waals surface area contributed by atoms with Crippen LogP contribution < -0.4 is 5.32 Å². The molecule has 0 fully saturated rings. The molecule has 1 amide bonds. The molecule has 2 heterocycles. The second-order valence-electron chi connectivity index (χ2n) is 5.59. The zero-order valence-electron chi connectivity index (χ0n) is 13.3. The number of aromatic nitrogens is 3. The molecule has 2 aromatic heterocycles. The highest BCUT2D eigenvalue weighted by atomic mass is 19.1. The molecule has 7 heteroatoms. The predicted octanol–water partition coefficient (Wildman–Crippen LogP) is 1.88. The van der Waals surface area contributed by atoms with Crippen molar-refractivity contribution in [3.05, 3.63) is 59.2 Å². The van der Waals surface area contributed by atoms with Crippen molar-refractivity contribution >= 4 is 16.9 Å². The van der Waals surface area contributed by atoms with Crippen LogP contribution in [0.3, 0.4) is 0 Å². The monoisotopic (exact) mass is 328 g/mol. The molecule has 1 aromatic carbocycles. The van der Waals surface area contributed by atoms with Crippen LogP contribution in [0.25, 0.3) is 11.0 Å². The van der Waals surface area contributed by atoms with Crippen LogP contribution >= 0.6 is 0 Å². The molecule has 124 valence electrons. The van der Waals surface area contributed by atoms with Gasteiger partial charge in [0.2, 0.25) is 0 Å². The van der Waals surface area contributed by atoms with Crippen molar-refractivity contribution in [2.24, 2.45) is 7.05 Å². The third kappa shape index (κ3) is 3.11. The standard InChI is InChI=1S/C17H17FN4O2/c1-10-7-13(14-8-20-22(2)16(14)21-10)17(24)19-9-15(23)11-3-5-12(18)6-4-11/h3-8,15,23H,9H2,1-2H3,(H,19,24). The summed E-state index contributed by atoms with van der Waals surface area (Å²) in [6.45, 7) is 1.82. The van der Waals surface area contributed by atoms with E-state index in [1.54, 1.807) is 30.9 Å². The number of nitrogens with one attached hydrogen (secondary N) is 1. The first-order valence-electron chi connectivity index (χ1n) is 7.47. The van der Waals surface area contributed by atoms with Gasteiger partial charge in [-0.05, 0) is 30.7 Å². The van der Waals surface area contributed by atoms with Gasteiger partial charge in [-0.1, -0.05) is 12.1 Å². The van der Waals surface area contributed by atoms with Gasteiger partial charge in [-0.25, -0.2) is 9.37 Å². The summed E-state index contributed by atoms with van der Waals surface area (Å²) in [4.78, 5) is 16.8. The maximum Gasteiger partial charge on any atom is 0.252 e. The molecule has 0 saturated carbocycles. The van der Waals surface area contributed by atoms with Gasteiger partial charge in [-0.2, -0.15) is 5.10 Å². The van der Waals surface area contributed by atoms with Crippen LogP contribution in [-0.4, -0.2) is 32.3 Å². The van der Waals surface area contributed by atoms with Gasteiger partial charge in [0.05, 0.1) is 23.3 Å². The number of pyridine rings is 1. The van der Waals surface area contributed by atoms with E-state index in [1.807, 2.05) is 0 Å². The Morgan fingerprint density at radius 3 is 2.79 bits per heavy atom. The molecule has 0 saturated heterocycles. The minimum absolute atomic E-state index is 0.0214. The summed E-state index contributed by atoms with van der Waals surface area (Å²) >= 11 is 0. The molecule has 0 spiro atoms. The molecule has 0 aliphatic carbocycles. The maximum absolute atomic E-state index is 12.9. The number of nitrogens with zero attached hydrogens (tertiary/aromatic N) is 3. The lowest BCUT2D eigenvalue weighted by Gasteiger charge is -2.13. The van der Waals surface area contributed by atoms with Gasteiger partial charge in [-0.3, -0.25) is 9.48 Å². The summed E-state index contributed by atoms with van der Waals surface area (Å²) < 4.78 is 14.5. The SMILES string of the molecule is Cc1cc(C(=O)NCC(O)c2ccc(F)cc2)c2cnn(C)c2n1. The van der Waals surface area contributed by atoms with E-state index in [0.29, 0.717) is 27.9 Å². The van der Waals surface area contributed by atoms with Crippen LogP contribution in [0.15, 0.2) is 36.5 Å². The smallest absolute Gasteiger partial charge is 0.252 e. The van der Waals surface area contributed by atoms with Gasteiger partial charge in [0, 0.05) is 19.3 Å². The Morgan fingerprint density at radius 2 is 2.08 bits per heavy atom. The second-order valence-corrected chi connectivity index (χ2v) is 5.59. The number of halogens is 1. The molecule has 3 rings (SSSR count). The number of aliphatic hydroxyl groups is 1. The van der Waals surface area contributed by atoms with Crippen LogP contribution in [0.5, 0.6) is 0 Å². The van der Waals surface area contributed by atoms with Gasteiger partial charge >= 0.3 is 0 Å². The zero-order valence-corrected chi connectivity index (χ0v) is 13.3. The van der Waals surface area contributed by atoms with Crippen LogP contribution in [0.1, 0.15) is 27.7 Å². The molecular formula is C17H17FN4O2. The lowest BCUT2D eigenvalue weighted by molar-refractivity contribution is 0.0917. The Hall–Kier alpha value is -2.80. The number of carbonyl (C=O) groups excluding carboxylic acids is 1. The molecule has 3 aromatic rings. The van der Waals surface area contributed by atoms with Crippen LogP contribution in [-0.2, 0) is 7.05 Å². The van der Waals surface area contributed by atoms with Gasteiger partial charge < -0.3 is 10.4 Å². The number of hydrogen-bond donors (Lipinski definition) is 2. The summed E-state index contributed by atoms with van der Waals surface area (Å²) in [6, 6.07) is 7.20. The Bertz CT molecular complexity index is 889. The molecule has 1 atom stereocenters. The van der Waals surface area contributed by atoms with Crippen LogP contribution in [0.4, 0.5) is 4.39 Å². The van der Waals surface area contributed by atoms with Crippen molar-refractivity contribution in [2.45, 2.75) is 13.0 Å². The van der Waals surface area contributed by atoms with Gasteiger partial charge in [0.15, 0.2) is 5.65 Å². The fraction of sp³-hybridized carbons (Fsp3) is 0.235. The molecule has 0 bridgehead atoms. The second kappa shape index (κ2) is 6.37. The van der Waals surface area contributed by atoms with Crippen molar-refractivity contribution in [3.8, 4) is 0 Å². The fourth-order valence-corrected chi connectivity index (χ4v) is 2.51. The average molecular weight is 328 g/mol. The number of hydrogen-bond acceptors (Lipinski definition) is 4. The first-order valence-corrected chi connectivity index (χ1v) is 7.47. The quantitative estimate of drug-likeness (QED) is 0.766. The van der Waals surface area contributed by atoms with Crippen molar-refractivity contribution in [1.82, 2.24) is 20.1 Å². The van der Waals surface area contributed by atoms with Gasteiger partial charge in [0.25, 0.3) is 5.91 Å². The van der Waals surface area contributed by atoms with E-state index in [9.17, 15) is 14.3 Å². The number of aliphatic hydroxyl groups excluding tert-OH is 1. The third-order valence-corrected chi connectivity index (χ3v) is 3.79. The van der Waals surface area contributed by atoms with E-state index in [0.717, 1.165) is 0 Å². The highest BCUT2D eigenvalue weighted by molar-refractivity contribution is 6.05. The average Bonchev–Trinajstić information content (AvgIpc) is 2.93. The summed E-state index contributed by atoms with van der Waals surface area (Å²) in [6.07, 6.45) is 0.675. The summed E-state index contributed by atoms with van der Waals surface area (Å²) in [5.74, 6) is -0.694. The Labute approximate surface area is 137 Å². The minimum atomic E-state index is -0.915. The summed E-state index contributed by atoms with van der Waals surface area (Å²) in [7, 11) is 1.76. The highest BCUT2D eigenvalue weighted by Crippen LogP contribution is 2.18. The summed E-state index contributed by atoms with van der Waals surface area (Å²) in [5, 5.41) is 17.6. The van der Waals surface area contributed by atoms with Gasteiger partial charge in [-0.15, -0.1) is 0 Å². The zero-order chi connectivity index (χ0) is 17.3.